The van der Waals surface area contributed by atoms with Crippen LogP contribution < -0.4 is 10.1 Å². The number of hydrogen-bond acceptors (Lipinski definition) is 3. The third kappa shape index (κ3) is 5.76. The molecule has 0 aliphatic heterocycles. The Morgan fingerprint density at radius 1 is 1.19 bits per heavy atom. The zero-order chi connectivity index (χ0) is 20.2. The van der Waals surface area contributed by atoms with Crippen LogP contribution in [0, 0.1) is 11.6 Å². The minimum absolute atomic E-state index is 0.0474. The summed E-state index contributed by atoms with van der Waals surface area (Å²) in [6.45, 7) is 7.62. The molecule has 0 fully saturated rings. The average molecular weight is 377 g/mol. The Morgan fingerprint density at radius 3 is 2.52 bits per heavy atom. The Kier molecular flexibility index (Phi) is 6.54. The van der Waals surface area contributed by atoms with E-state index in [4.69, 9.17) is 4.74 Å². The largest absolute Gasteiger partial charge is 0.481 e. The summed E-state index contributed by atoms with van der Waals surface area (Å²) in [5.41, 5.74) is 0.951. The Hall–Kier alpha value is -2.47. The molecule has 0 saturated heterocycles. The van der Waals surface area contributed by atoms with Gasteiger partial charge in [0.1, 0.15) is 17.4 Å². The molecule has 0 spiro atoms. The van der Waals surface area contributed by atoms with E-state index in [1.165, 1.54) is 0 Å². The summed E-state index contributed by atoms with van der Waals surface area (Å²) in [7, 11) is 0. The quantitative estimate of drug-likeness (QED) is 0.803. The maximum absolute atomic E-state index is 13.7. The van der Waals surface area contributed by atoms with Gasteiger partial charge < -0.3 is 15.2 Å². The molecule has 146 valence electrons. The molecule has 0 aliphatic rings. The zero-order valence-corrected chi connectivity index (χ0v) is 15.9. The maximum atomic E-state index is 13.7. The van der Waals surface area contributed by atoms with Crippen molar-refractivity contribution in [3.8, 4) is 5.75 Å². The number of benzene rings is 2. The highest BCUT2D eigenvalue weighted by molar-refractivity contribution is 5.80. The van der Waals surface area contributed by atoms with Gasteiger partial charge in [-0.05, 0) is 36.1 Å². The molecule has 0 aromatic heterocycles. The Labute approximate surface area is 158 Å². The standard InChI is InChI=1S/C21H25F2NO3/c1-13(27-16-7-5-6-14(10-16)21(2,3)4)20(26)24-12-19(25)17-9-8-15(22)11-18(17)23/h5-11,13,19,25H,12H2,1-4H3,(H,24,26). The minimum Gasteiger partial charge on any atom is -0.481 e. The smallest absolute Gasteiger partial charge is 0.260 e. The van der Waals surface area contributed by atoms with Crippen LogP contribution in [0.2, 0.25) is 0 Å². The van der Waals surface area contributed by atoms with Crippen LogP contribution in [0.1, 0.15) is 44.9 Å². The lowest BCUT2D eigenvalue weighted by Gasteiger charge is -2.21. The molecule has 0 radical (unpaired) electrons. The van der Waals surface area contributed by atoms with Crippen molar-refractivity contribution >= 4 is 5.91 Å². The topological polar surface area (TPSA) is 58.6 Å². The van der Waals surface area contributed by atoms with Crippen molar-refractivity contribution in [2.75, 3.05) is 6.54 Å². The second-order valence-electron chi connectivity index (χ2n) is 7.46. The van der Waals surface area contributed by atoms with E-state index in [9.17, 15) is 18.7 Å². The molecule has 2 unspecified atom stereocenters. The van der Waals surface area contributed by atoms with Crippen molar-refractivity contribution < 1.29 is 23.4 Å². The number of rotatable bonds is 6. The van der Waals surface area contributed by atoms with Crippen LogP contribution in [0.3, 0.4) is 0 Å². The number of aliphatic hydroxyl groups excluding tert-OH is 1. The van der Waals surface area contributed by atoms with Crippen LogP contribution in [0.5, 0.6) is 5.75 Å². The summed E-state index contributed by atoms with van der Waals surface area (Å²) in [6, 6.07) is 10.4. The van der Waals surface area contributed by atoms with Crippen molar-refractivity contribution in [3.63, 3.8) is 0 Å². The first-order valence-electron chi connectivity index (χ1n) is 8.76. The highest BCUT2D eigenvalue weighted by Crippen LogP contribution is 2.26. The van der Waals surface area contributed by atoms with Gasteiger partial charge in [0.2, 0.25) is 0 Å². The number of aliphatic hydroxyl groups is 1. The lowest BCUT2D eigenvalue weighted by Crippen LogP contribution is -2.38. The minimum atomic E-state index is -1.29. The first kappa shape index (κ1) is 20.8. The summed E-state index contributed by atoms with van der Waals surface area (Å²) in [6.07, 6.45) is -2.09. The number of nitrogens with one attached hydrogen (secondary N) is 1. The monoisotopic (exact) mass is 377 g/mol. The van der Waals surface area contributed by atoms with Crippen LogP contribution in [-0.2, 0) is 10.2 Å². The fourth-order valence-corrected chi connectivity index (χ4v) is 2.52. The second kappa shape index (κ2) is 8.48. The normalized spacial score (nSPS) is 13.7. The lowest BCUT2D eigenvalue weighted by molar-refractivity contribution is -0.127. The molecule has 6 heteroatoms. The molecule has 2 aromatic rings. The van der Waals surface area contributed by atoms with Gasteiger partial charge in [-0.25, -0.2) is 8.78 Å². The number of hydrogen-bond donors (Lipinski definition) is 2. The number of halogens is 2. The van der Waals surface area contributed by atoms with Crippen molar-refractivity contribution in [1.29, 1.82) is 0 Å². The fraction of sp³-hybridized carbons (Fsp3) is 0.381. The fourth-order valence-electron chi connectivity index (χ4n) is 2.52. The predicted octanol–water partition coefficient (Wildman–Crippen LogP) is 3.88. The van der Waals surface area contributed by atoms with Gasteiger partial charge in [0.15, 0.2) is 6.10 Å². The molecule has 2 rings (SSSR count). The molecular weight excluding hydrogens is 352 g/mol. The van der Waals surface area contributed by atoms with Gasteiger partial charge in [0.25, 0.3) is 5.91 Å². The van der Waals surface area contributed by atoms with Crippen LogP contribution in [0.15, 0.2) is 42.5 Å². The average Bonchev–Trinajstić information content (AvgIpc) is 2.58. The molecule has 0 aliphatic carbocycles. The van der Waals surface area contributed by atoms with Crippen molar-refractivity contribution in [2.45, 2.75) is 45.3 Å². The Bertz CT molecular complexity index is 802. The van der Waals surface area contributed by atoms with Crippen molar-refractivity contribution in [1.82, 2.24) is 5.32 Å². The van der Waals surface area contributed by atoms with E-state index in [0.717, 1.165) is 17.7 Å². The summed E-state index contributed by atoms with van der Waals surface area (Å²) >= 11 is 0. The summed E-state index contributed by atoms with van der Waals surface area (Å²) in [4.78, 5) is 12.2. The SMILES string of the molecule is CC(Oc1cccc(C(C)(C)C)c1)C(=O)NCC(O)c1ccc(F)cc1F. The molecule has 0 heterocycles. The van der Waals surface area contributed by atoms with Gasteiger partial charge in [-0.2, -0.15) is 0 Å². The number of carbonyl (C=O) groups excluding carboxylic acids is 1. The maximum Gasteiger partial charge on any atom is 0.260 e. The zero-order valence-electron chi connectivity index (χ0n) is 15.9. The van der Waals surface area contributed by atoms with E-state index >= 15 is 0 Å². The molecule has 0 bridgehead atoms. The van der Waals surface area contributed by atoms with Gasteiger partial charge in [-0.15, -0.1) is 0 Å². The Morgan fingerprint density at radius 2 is 1.89 bits per heavy atom. The second-order valence-corrected chi connectivity index (χ2v) is 7.46. The highest BCUT2D eigenvalue weighted by Gasteiger charge is 2.20. The van der Waals surface area contributed by atoms with E-state index in [2.05, 4.69) is 26.1 Å². The highest BCUT2D eigenvalue weighted by atomic mass is 19.1. The van der Waals surface area contributed by atoms with Crippen molar-refractivity contribution in [3.05, 3.63) is 65.2 Å². The first-order chi connectivity index (χ1) is 12.6. The van der Waals surface area contributed by atoms with E-state index in [1.807, 2.05) is 18.2 Å². The lowest BCUT2D eigenvalue weighted by atomic mass is 9.87. The summed E-state index contributed by atoms with van der Waals surface area (Å²) in [5, 5.41) is 12.5. The van der Waals surface area contributed by atoms with E-state index in [0.29, 0.717) is 11.8 Å². The molecule has 2 aromatic carbocycles. The third-order valence-corrected chi connectivity index (χ3v) is 4.17. The molecule has 2 atom stereocenters. The summed E-state index contributed by atoms with van der Waals surface area (Å²) in [5.74, 6) is -1.47. The number of ether oxygens (including phenoxy) is 1. The van der Waals surface area contributed by atoms with E-state index < -0.39 is 29.7 Å². The van der Waals surface area contributed by atoms with Crippen LogP contribution in [0.25, 0.3) is 0 Å². The number of carbonyl (C=O) groups is 1. The Balaban J connectivity index is 1.94. The van der Waals surface area contributed by atoms with Gasteiger partial charge in [-0.1, -0.05) is 39.0 Å². The van der Waals surface area contributed by atoms with Crippen LogP contribution in [-0.4, -0.2) is 23.7 Å². The predicted molar refractivity (Wildman–Crippen MR) is 99.6 cm³/mol. The third-order valence-electron chi connectivity index (χ3n) is 4.17. The molecular formula is C21H25F2NO3. The van der Waals surface area contributed by atoms with Gasteiger partial charge in [0.05, 0.1) is 6.10 Å². The summed E-state index contributed by atoms with van der Waals surface area (Å²) < 4.78 is 32.3. The molecule has 4 nitrogen and oxygen atoms in total. The van der Waals surface area contributed by atoms with Gasteiger partial charge >= 0.3 is 0 Å². The molecule has 2 N–H and O–H groups in total. The first-order valence-corrected chi connectivity index (χ1v) is 8.76. The van der Waals surface area contributed by atoms with Crippen LogP contribution >= 0.6 is 0 Å². The van der Waals surface area contributed by atoms with Gasteiger partial charge in [0, 0.05) is 18.2 Å². The molecule has 0 saturated carbocycles. The van der Waals surface area contributed by atoms with Crippen molar-refractivity contribution in [2.24, 2.45) is 0 Å². The molecule has 27 heavy (non-hydrogen) atoms. The van der Waals surface area contributed by atoms with E-state index in [-0.39, 0.29) is 17.5 Å². The van der Waals surface area contributed by atoms with Crippen LogP contribution in [0.4, 0.5) is 8.78 Å². The van der Waals surface area contributed by atoms with Gasteiger partial charge in [-0.3, -0.25) is 4.79 Å². The number of amides is 1. The molecule has 1 amide bonds. The van der Waals surface area contributed by atoms with E-state index in [1.54, 1.807) is 13.0 Å².